The topological polar surface area (TPSA) is 43.3 Å². The third-order valence-corrected chi connectivity index (χ3v) is 5.78. The number of methoxy groups -OCH3 is 2. The number of nitrogens with zero attached hydrogens (tertiary/aromatic N) is 2. The SMILES string of the molecule is COc1ccc([C@H]2Oc3ccccc3[C@H]3CC(c4cccc(Cl)c4)=NN32)cc1OC. The molecular weight excluding hydrogens is 400 g/mol. The van der Waals surface area contributed by atoms with Crippen LogP contribution in [0.25, 0.3) is 0 Å². The number of hydrazone groups is 1. The molecule has 0 aromatic heterocycles. The normalized spacial score (nSPS) is 19.4. The van der Waals surface area contributed by atoms with Crippen LogP contribution in [0.3, 0.4) is 0 Å². The molecule has 2 atom stereocenters. The molecule has 0 spiro atoms. The van der Waals surface area contributed by atoms with Gasteiger partial charge in [0.15, 0.2) is 11.5 Å². The van der Waals surface area contributed by atoms with E-state index < -0.39 is 0 Å². The number of fused-ring (bicyclic) bond motifs is 3. The van der Waals surface area contributed by atoms with Crippen molar-refractivity contribution in [2.75, 3.05) is 14.2 Å². The maximum atomic E-state index is 6.41. The van der Waals surface area contributed by atoms with Gasteiger partial charge in [0.25, 0.3) is 0 Å². The highest BCUT2D eigenvalue weighted by atomic mass is 35.5. The van der Waals surface area contributed by atoms with Crippen LogP contribution >= 0.6 is 11.6 Å². The Morgan fingerprint density at radius 1 is 0.967 bits per heavy atom. The van der Waals surface area contributed by atoms with Crippen molar-refractivity contribution in [3.05, 3.63) is 88.4 Å². The minimum Gasteiger partial charge on any atom is -0.493 e. The van der Waals surface area contributed by atoms with E-state index in [0.717, 1.165) is 34.6 Å². The molecule has 2 aliphatic heterocycles. The van der Waals surface area contributed by atoms with Crippen molar-refractivity contribution in [3.63, 3.8) is 0 Å². The summed E-state index contributed by atoms with van der Waals surface area (Å²) in [4.78, 5) is 0. The Morgan fingerprint density at radius 3 is 2.60 bits per heavy atom. The van der Waals surface area contributed by atoms with E-state index in [4.69, 9.17) is 30.9 Å². The maximum absolute atomic E-state index is 6.41. The molecule has 2 heterocycles. The lowest BCUT2D eigenvalue weighted by molar-refractivity contribution is -0.0191. The van der Waals surface area contributed by atoms with E-state index in [0.29, 0.717) is 16.5 Å². The number of halogens is 1. The van der Waals surface area contributed by atoms with E-state index in [1.807, 2.05) is 65.7 Å². The summed E-state index contributed by atoms with van der Waals surface area (Å²) in [6, 6.07) is 21.9. The maximum Gasteiger partial charge on any atom is 0.214 e. The second kappa shape index (κ2) is 7.58. The van der Waals surface area contributed by atoms with Crippen LogP contribution in [0.15, 0.2) is 71.8 Å². The van der Waals surface area contributed by atoms with E-state index >= 15 is 0 Å². The number of hydrogen-bond acceptors (Lipinski definition) is 5. The zero-order valence-corrected chi connectivity index (χ0v) is 17.5. The Bertz CT molecular complexity index is 1130. The van der Waals surface area contributed by atoms with Crippen molar-refractivity contribution in [2.24, 2.45) is 5.10 Å². The average molecular weight is 421 g/mol. The number of ether oxygens (including phenoxy) is 3. The number of benzene rings is 3. The summed E-state index contributed by atoms with van der Waals surface area (Å²) >= 11 is 6.22. The van der Waals surface area contributed by atoms with Gasteiger partial charge in [0, 0.05) is 22.6 Å². The fourth-order valence-corrected chi connectivity index (χ4v) is 4.29. The van der Waals surface area contributed by atoms with Gasteiger partial charge >= 0.3 is 0 Å². The lowest BCUT2D eigenvalue weighted by Crippen LogP contribution is -2.33. The molecule has 30 heavy (non-hydrogen) atoms. The number of rotatable bonds is 4. The standard InChI is InChI=1S/C24H21ClN2O3/c1-28-22-11-10-16(13-23(22)29-2)24-27-20(18-8-3-4-9-21(18)30-24)14-19(26-27)15-6-5-7-17(25)12-15/h3-13,20,24H,14H2,1-2H3/t20-,24-/m1/s1. The van der Waals surface area contributed by atoms with Gasteiger partial charge in [0.1, 0.15) is 5.75 Å². The molecule has 2 aliphatic rings. The van der Waals surface area contributed by atoms with E-state index in [-0.39, 0.29) is 12.3 Å². The van der Waals surface area contributed by atoms with Crippen molar-refractivity contribution < 1.29 is 14.2 Å². The van der Waals surface area contributed by atoms with Gasteiger partial charge in [-0.15, -0.1) is 0 Å². The summed E-state index contributed by atoms with van der Waals surface area (Å²) in [6.07, 6.45) is 0.409. The second-order valence-electron chi connectivity index (χ2n) is 7.28. The van der Waals surface area contributed by atoms with Crippen molar-refractivity contribution >= 4 is 17.3 Å². The predicted octanol–water partition coefficient (Wildman–Crippen LogP) is 5.60. The molecule has 0 amide bonds. The largest absolute Gasteiger partial charge is 0.493 e. The van der Waals surface area contributed by atoms with Crippen LogP contribution in [-0.2, 0) is 0 Å². The van der Waals surface area contributed by atoms with Crippen molar-refractivity contribution in [1.82, 2.24) is 5.01 Å². The van der Waals surface area contributed by atoms with Crippen molar-refractivity contribution in [3.8, 4) is 17.2 Å². The van der Waals surface area contributed by atoms with Gasteiger partial charge in [-0.2, -0.15) is 5.10 Å². The molecular formula is C24H21ClN2O3. The Labute approximate surface area is 180 Å². The molecule has 0 unspecified atom stereocenters. The first-order valence-electron chi connectivity index (χ1n) is 9.77. The highest BCUT2D eigenvalue weighted by molar-refractivity contribution is 6.31. The Kier molecular flexibility index (Phi) is 4.75. The highest BCUT2D eigenvalue weighted by Crippen LogP contribution is 2.48. The zero-order valence-electron chi connectivity index (χ0n) is 16.7. The number of hydrogen-bond donors (Lipinski definition) is 0. The Hall–Kier alpha value is -3.18. The average Bonchev–Trinajstić information content (AvgIpc) is 3.24. The van der Waals surface area contributed by atoms with Crippen LogP contribution in [-0.4, -0.2) is 24.9 Å². The summed E-state index contributed by atoms with van der Waals surface area (Å²) in [5.74, 6) is 2.21. The smallest absolute Gasteiger partial charge is 0.214 e. The van der Waals surface area contributed by atoms with Gasteiger partial charge in [-0.05, 0) is 42.0 Å². The minimum atomic E-state index is -0.374. The van der Waals surface area contributed by atoms with Crippen LogP contribution in [0, 0.1) is 0 Å². The first-order valence-corrected chi connectivity index (χ1v) is 10.1. The second-order valence-corrected chi connectivity index (χ2v) is 7.72. The molecule has 0 bridgehead atoms. The van der Waals surface area contributed by atoms with Gasteiger partial charge in [-0.1, -0.05) is 41.9 Å². The Balaban J connectivity index is 1.59. The Morgan fingerprint density at radius 2 is 1.80 bits per heavy atom. The quantitative estimate of drug-likeness (QED) is 0.551. The van der Waals surface area contributed by atoms with Gasteiger partial charge in [0.2, 0.25) is 6.23 Å². The van der Waals surface area contributed by atoms with Crippen LogP contribution in [0.1, 0.15) is 35.4 Å². The first-order chi connectivity index (χ1) is 14.7. The third kappa shape index (κ3) is 3.15. The fraction of sp³-hybridized carbons (Fsp3) is 0.208. The van der Waals surface area contributed by atoms with Crippen molar-refractivity contribution in [2.45, 2.75) is 18.7 Å². The number of para-hydroxylation sites is 1. The highest BCUT2D eigenvalue weighted by Gasteiger charge is 2.41. The molecule has 5 rings (SSSR count). The van der Waals surface area contributed by atoms with Gasteiger partial charge in [-0.25, -0.2) is 5.01 Å². The van der Waals surface area contributed by atoms with E-state index in [2.05, 4.69) is 6.07 Å². The molecule has 0 saturated carbocycles. The molecule has 0 fully saturated rings. The molecule has 6 heteroatoms. The van der Waals surface area contributed by atoms with Gasteiger partial charge < -0.3 is 14.2 Å². The van der Waals surface area contributed by atoms with Crippen molar-refractivity contribution in [1.29, 1.82) is 0 Å². The zero-order chi connectivity index (χ0) is 20.7. The van der Waals surface area contributed by atoms with Gasteiger partial charge in [0.05, 0.1) is 26.0 Å². The van der Waals surface area contributed by atoms with Crippen LogP contribution < -0.4 is 14.2 Å². The molecule has 0 N–H and O–H groups in total. The van der Waals surface area contributed by atoms with Crippen LogP contribution in [0.4, 0.5) is 0 Å². The molecule has 5 nitrogen and oxygen atoms in total. The van der Waals surface area contributed by atoms with Crippen LogP contribution in [0.2, 0.25) is 5.02 Å². The molecule has 152 valence electrons. The van der Waals surface area contributed by atoms with E-state index in [1.54, 1.807) is 14.2 Å². The lowest BCUT2D eigenvalue weighted by Gasteiger charge is -2.38. The molecule has 0 radical (unpaired) electrons. The van der Waals surface area contributed by atoms with E-state index in [1.165, 1.54) is 0 Å². The molecule has 3 aromatic carbocycles. The van der Waals surface area contributed by atoms with Crippen LogP contribution in [0.5, 0.6) is 17.2 Å². The van der Waals surface area contributed by atoms with E-state index in [9.17, 15) is 0 Å². The first kappa shape index (κ1) is 18.8. The summed E-state index contributed by atoms with van der Waals surface area (Å²) in [5.41, 5.74) is 4.10. The van der Waals surface area contributed by atoms with Gasteiger partial charge in [-0.3, -0.25) is 0 Å². The molecule has 0 aliphatic carbocycles. The molecule has 0 saturated heterocycles. The predicted molar refractivity (Wildman–Crippen MR) is 117 cm³/mol. The monoisotopic (exact) mass is 420 g/mol. The third-order valence-electron chi connectivity index (χ3n) is 5.55. The fourth-order valence-electron chi connectivity index (χ4n) is 4.10. The lowest BCUT2D eigenvalue weighted by atomic mass is 9.96. The molecule has 3 aromatic rings. The summed E-state index contributed by atoms with van der Waals surface area (Å²) in [5, 5.41) is 7.71. The summed E-state index contributed by atoms with van der Waals surface area (Å²) in [6.45, 7) is 0. The summed E-state index contributed by atoms with van der Waals surface area (Å²) < 4.78 is 17.3. The summed E-state index contributed by atoms with van der Waals surface area (Å²) in [7, 11) is 3.26. The minimum absolute atomic E-state index is 0.0852.